The lowest BCUT2D eigenvalue weighted by atomic mass is 10.00. The van der Waals surface area contributed by atoms with E-state index >= 15 is 0 Å². The minimum Gasteiger partial charge on any atom is -0.468 e. The third-order valence-corrected chi connectivity index (χ3v) is 3.84. The van der Waals surface area contributed by atoms with Gasteiger partial charge >= 0.3 is 5.97 Å². The van der Waals surface area contributed by atoms with Crippen molar-refractivity contribution in [2.24, 2.45) is 5.92 Å². The second kappa shape index (κ2) is 7.25. The molecule has 0 spiro atoms. The molecule has 0 saturated heterocycles. The van der Waals surface area contributed by atoms with Gasteiger partial charge in [0.1, 0.15) is 5.54 Å². The Morgan fingerprint density at radius 1 is 1.47 bits per heavy atom. The Bertz CT molecular complexity index is 290. The van der Waals surface area contributed by atoms with Gasteiger partial charge in [-0.1, -0.05) is 6.92 Å². The summed E-state index contributed by atoms with van der Waals surface area (Å²) in [5.41, 5.74) is -0.607. The first-order chi connectivity index (χ1) is 8.92. The number of carbonyl (C=O) groups is 1. The molecule has 0 heterocycles. The molecule has 0 aromatic heterocycles. The van der Waals surface area contributed by atoms with E-state index in [9.17, 15) is 4.79 Å². The molecule has 0 amide bonds. The van der Waals surface area contributed by atoms with Gasteiger partial charge in [-0.2, -0.15) is 0 Å². The van der Waals surface area contributed by atoms with Crippen LogP contribution in [0.3, 0.4) is 0 Å². The summed E-state index contributed by atoms with van der Waals surface area (Å²) in [6, 6.07) is 0.452. The molecule has 1 unspecified atom stereocenters. The first-order valence-corrected chi connectivity index (χ1v) is 7.50. The summed E-state index contributed by atoms with van der Waals surface area (Å²) in [6.45, 7) is 11.1. The largest absolute Gasteiger partial charge is 0.468 e. The average Bonchev–Trinajstić information content (AvgIpc) is 3.18. The molecular formula is C15H30N2O2. The Morgan fingerprint density at radius 2 is 2.11 bits per heavy atom. The van der Waals surface area contributed by atoms with Gasteiger partial charge < -0.3 is 10.1 Å². The Kier molecular flexibility index (Phi) is 6.27. The number of methoxy groups -OCH3 is 1. The normalized spacial score (nSPS) is 18.7. The summed E-state index contributed by atoms with van der Waals surface area (Å²) >= 11 is 0. The highest BCUT2D eigenvalue weighted by molar-refractivity contribution is 5.80. The number of ether oxygens (including phenoxy) is 1. The Labute approximate surface area is 117 Å². The second-order valence-corrected chi connectivity index (χ2v) is 6.22. The second-order valence-electron chi connectivity index (χ2n) is 6.22. The van der Waals surface area contributed by atoms with Crippen molar-refractivity contribution in [3.05, 3.63) is 0 Å². The number of nitrogens with one attached hydrogen (secondary N) is 1. The van der Waals surface area contributed by atoms with Gasteiger partial charge in [-0.25, -0.2) is 0 Å². The summed E-state index contributed by atoms with van der Waals surface area (Å²) < 4.78 is 4.99. The SMILES string of the molecule is CCCNC(C)(CN(CC1CC1)C(C)C)C(=O)OC. The third-order valence-electron chi connectivity index (χ3n) is 3.84. The highest BCUT2D eigenvalue weighted by atomic mass is 16.5. The summed E-state index contributed by atoms with van der Waals surface area (Å²) in [5, 5.41) is 3.36. The van der Waals surface area contributed by atoms with Crippen molar-refractivity contribution in [3.63, 3.8) is 0 Å². The lowest BCUT2D eigenvalue weighted by Gasteiger charge is -2.36. The summed E-state index contributed by atoms with van der Waals surface area (Å²) in [4.78, 5) is 14.5. The topological polar surface area (TPSA) is 41.6 Å². The summed E-state index contributed by atoms with van der Waals surface area (Å²) in [6.07, 6.45) is 3.68. The number of hydrogen-bond acceptors (Lipinski definition) is 4. The number of rotatable bonds is 9. The van der Waals surface area contributed by atoms with Gasteiger partial charge in [-0.15, -0.1) is 0 Å². The lowest BCUT2D eigenvalue weighted by Crippen LogP contribution is -2.58. The molecule has 1 aliphatic rings. The lowest BCUT2D eigenvalue weighted by molar-refractivity contribution is -0.149. The van der Waals surface area contributed by atoms with Gasteiger partial charge in [0.15, 0.2) is 0 Å². The molecule has 1 atom stereocenters. The molecule has 1 aliphatic carbocycles. The van der Waals surface area contributed by atoms with E-state index in [1.54, 1.807) is 0 Å². The van der Waals surface area contributed by atoms with Gasteiger partial charge in [0, 0.05) is 19.1 Å². The fourth-order valence-corrected chi connectivity index (χ4v) is 2.31. The van der Waals surface area contributed by atoms with Crippen LogP contribution in [0.5, 0.6) is 0 Å². The molecule has 0 radical (unpaired) electrons. The van der Waals surface area contributed by atoms with Gasteiger partial charge in [-0.05, 0) is 52.5 Å². The van der Waals surface area contributed by atoms with Gasteiger partial charge in [0.2, 0.25) is 0 Å². The van der Waals surface area contributed by atoms with E-state index in [0.29, 0.717) is 12.6 Å². The van der Waals surface area contributed by atoms with Crippen LogP contribution in [-0.2, 0) is 9.53 Å². The molecule has 1 saturated carbocycles. The van der Waals surface area contributed by atoms with Crippen LogP contribution in [0.1, 0.15) is 47.0 Å². The van der Waals surface area contributed by atoms with E-state index in [0.717, 1.165) is 25.4 Å². The molecule has 0 aromatic carbocycles. The number of nitrogens with zero attached hydrogens (tertiary/aromatic N) is 1. The quantitative estimate of drug-likeness (QED) is 0.651. The van der Waals surface area contributed by atoms with Crippen molar-refractivity contribution in [1.29, 1.82) is 0 Å². The van der Waals surface area contributed by atoms with Crippen LogP contribution >= 0.6 is 0 Å². The fraction of sp³-hybridized carbons (Fsp3) is 0.933. The van der Waals surface area contributed by atoms with E-state index in [1.165, 1.54) is 20.0 Å². The predicted molar refractivity (Wildman–Crippen MR) is 78.1 cm³/mol. The number of hydrogen-bond donors (Lipinski definition) is 1. The Hall–Kier alpha value is -0.610. The fourth-order valence-electron chi connectivity index (χ4n) is 2.31. The van der Waals surface area contributed by atoms with Crippen molar-refractivity contribution in [2.75, 3.05) is 26.7 Å². The first kappa shape index (κ1) is 16.4. The molecule has 0 aliphatic heterocycles. The van der Waals surface area contributed by atoms with Crippen molar-refractivity contribution in [3.8, 4) is 0 Å². The molecule has 19 heavy (non-hydrogen) atoms. The highest BCUT2D eigenvalue weighted by Crippen LogP contribution is 2.30. The van der Waals surface area contributed by atoms with Crippen molar-refractivity contribution in [2.45, 2.75) is 58.5 Å². The van der Waals surface area contributed by atoms with Crippen molar-refractivity contribution >= 4 is 5.97 Å². The zero-order valence-electron chi connectivity index (χ0n) is 13.2. The van der Waals surface area contributed by atoms with E-state index in [-0.39, 0.29) is 5.97 Å². The van der Waals surface area contributed by atoms with Crippen molar-refractivity contribution < 1.29 is 9.53 Å². The smallest absolute Gasteiger partial charge is 0.327 e. The van der Waals surface area contributed by atoms with Crippen LogP contribution in [0.25, 0.3) is 0 Å². The molecule has 0 aromatic rings. The van der Waals surface area contributed by atoms with Crippen LogP contribution in [0.15, 0.2) is 0 Å². The highest BCUT2D eigenvalue weighted by Gasteiger charge is 2.37. The van der Waals surface area contributed by atoms with Crippen molar-refractivity contribution in [1.82, 2.24) is 10.2 Å². The van der Waals surface area contributed by atoms with Crippen LogP contribution < -0.4 is 5.32 Å². The standard InChI is InChI=1S/C15H30N2O2/c1-6-9-16-15(4,14(18)19-5)11-17(12(2)3)10-13-7-8-13/h12-13,16H,6-11H2,1-5H3. The maximum absolute atomic E-state index is 12.1. The van der Waals surface area contributed by atoms with E-state index in [1.807, 2.05) is 6.92 Å². The molecule has 0 bridgehead atoms. The third kappa shape index (κ3) is 5.11. The van der Waals surface area contributed by atoms with E-state index < -0.39 is 5.54 Å². The van der Waals surface area contributed by atoms with Gasteiger partial charge in [0.25, 0.3) is 0 Å². The monoisotopic (exact) mass is 270 g/mol. The van der Waals surface area contributed by atoms with Crippen LogP contribution in [0, 0.1) is 5.92 Å². The van der Waals surface area contributed by atoms with Gasteiger partial charge in [0.05, 0.1) is 7.11 Å². The van der Waals surface area contributed by atoms with E-state index in [4.69, 9.17) is 4.74 Å². The Balaban J connectivity index is 2.68. The molecule has 1 fully saturated rings. The maximum atomic E-state index is 12.1. The Morgan fingerprint density at radius 3 is 2.53 bits per heavy atom. The first-order valence-electron chi connectivity index (χ1n) is 7.50. The van der Waals surface area contributed by atoms with E-state index in [2.05, 4.69) is 31.0 Å². The zero-order chi connectivity index (χ0) is 14.5. The van der Waals surface area contributed by atoms with Crippen LogP contribution in [0.2, 0.25) is 0 Å². The summed E-state index contributed by atoms with van der Waals surface area (Å²) in [7, 11) is 1.47. The predicted octanol–water partition coefficient (Wildman–Crippen LogP) is 2.04. The zero-order valence-corrected chi connectivity index (χ0v) is 13.2. The van der Waals surface area contributed by atoms with Crippen LogP contribution in [0.4, 0.5) is 0 Å². The maximum Gasteiger partial charge on any atom is 0.327 e. The van der Waals surface area contributed by atoms with Gasteiger partial charge in [-0.3, -0.25) is 9.69 Å². The number of carbonyl (C=O) groups excluding carboxylic acids is 1. The number of esters is 1. The molecule has 4 heteroatoms. The minimum absolute atomic E-state index is 0.164. The molecule has 112 valence electrons. The summed E-state index contributed by atoms with van der Waals surface area (Å²) in [5.74, 6) is 0.665. The molecule has 4 nitrogen and oxygen atoms in total. The molecule has 1 N–H and O–H groups in total. The molecular weight excluding hydrogens is 240 g/mol. The molecule has 1 rings (SSSR count). The average molecular weight is 270 g/mol. The minimum atomic E-state index is -0.607. The van der Waals surface area contributed by atoms with Crippen LogP contribution in [-0.4, -0.2) is 49.2 Å².